The predicted octanol–water partition coefficient (Wildman–Crippen LogP) is 2.87. The quantitative estimate of drug-likeness (QED) is 0.567. The summed E-state index contributed by atoms with van der Waals surface area (Å²) in [7, 11) is 0. The number of aromatic nitrogens is 3. The number of carbonyl (C=O) groups excluding carboxylic acids is 1. The number of hydrogen-bond acceptors (Lipinski definition) is 7. The lowest BCUT2D eigenvalue weighted by molar-refractivity contribution is -0.128. The second-order valence-electron chi connectivity index (χ2n) is 8.52. The average molecular weight is 479 g/mol. The highest BCUT2D eigenvalue weighted by atomic mass is 35.5. The van der Waals surface area contributed by atoms with Crippen LogP contribution in [0.4, 0.5) is 11.6 Å². The van der Waals surface area contributed by atoms with E-state index in [0.29, 0.717) is 38.0 Å². The summed E-state index contributed by atoms with van der Waals surface area (Å²) in [5, 5.41) is 10.4. The minimum atomic E-state index is 0.146. The van der Waals surface area contributed by atoms with Gasteiger partial charge in [-0.25, -0.2) is 0 Å². The Labute approximate surface area is 198 Å². The van der Waals surface area contributed by atoms with E-state index in [1.54, 1.807) is 0 Å². The molecule has 0 radical (unpaired) electrons. The molecule has 2 aliphatic rings. The molecule has 1 amide bonds. The van der Waals surface area contributed by atoms with Crippen molar-refractivity contribution >= 4 is 40.9 Å². The summed E-state index contributed by atoms with van der Waals surface area (Å²) in [6, 6.07) is 7.88. The van der Waals surface area contributed by atoms with Crippen LogP contribution in [0.2, 0.25) is 5.02 Å². The Bertz CT molecular complexity index is 910. The van der Waals surface area contributed by atoms with E-state index < -0.39 is 0 Å². The molecule has 8 nitrogen and oxygen atoms in total. The van der Waals surface area contributed by atoms with Crippen LogP contribution in [0.1, 0.15) is 13.8 Å². The van der Waals surface area contributed by atoms with Gasteiger partial charge in [0.15, 0.2) is 5.16 Å². The number of amides is 1. The number of hydrogen-bond donors (Lipinski definition) is 0. The molecule has 2 saturated heterocycles. The molecule has 0 N–H and O–H groups in total. The van der Waals surface area contributed by atoms with Crippen LogP contribution in [-0.2, 0) is 16.1 Å². The highest BCUT2D eigenvalue weighted by molar-refractivity contribution is 7.99. The Morgan fingerprint density at radius 3 is 2.53 bits per heavy atom. The Morgan fingerprint density at radius 1 is 1.09 bits per heavy atom. The molecule has 1 aromatic heterocycles. The fraction of sp³-hybridized carbons (Fsp3) is 0.591. The standard InChI is InChI=1S/C22H31ClN6O2S/c1-17(2)15-29-21(28-10-12-31-13-11-28)24-25-22(29)32-16-20(30)27-8-6-26(7-9-27)19-5-3-4-18(23)14-19/h3-5,14,17H,6-13,15-16H2,1-2H3. The zero-order chi connectivity index (χ0) is 22.5. The fourth-order valence-corrected chi connectivity index (χ4v) is 5.04. The van der Waals surface area contributed by atoms with Crippen LogP contribution in [0.3, 0.4) is 0 Å². The summed E-state index contributed by atoms with van der Waals surface area (Å²) in [5.41, 5.74) is 1.11. The Hall–Kier alpha value is -1.97. The van der Waals surface area contributed by atoms with Crippen LogP contribution in [0.25, 0.3) is 0 Å². The third-order valence-electron chi connectivity index (χ3n) is 5.67. The second-order valence-corrected chi connectivity index (χ2v) is 9.90. The van der Waals surface area contributed by atoms with Crippen LogP contribution < -0.4 is 9.80 Å². The van der Waals surface area contributed by atoms with Gasteiger partial charge in [-0.05, 0) is 24.1 Å². The molecule has 2 aliphatic heterocycles. The molecule has 0 spiro atoms. The third-order valence-corrected chi connectivity index (χ3v) is 6.86. The van der Waals surface area contributed by atoms with Crippen molar-refractivity contribution in [3.63, 3.8) is 0 Å². The first-order chi connectivity index (χ1) is 15.5. The van der Waals surface area contributed by atoms with Gasteiger partial charge in [-0.2, -0.15) is 0 Å². The van der Waals surface area contributed by atoms with Crippen LogP contribution in [0.5, 0.6) is 0 Å². The van der Waals surface area contributed by atoms with Gasteiger partial charge in [-0.3, -0.25) is 9.36 Å². The Balaban J connectivity index is 1.34. The number of benzene rings is 1. The molecule has 0 saturated carbocycles. The number of thioether (sulfide) groups is 1. The van der Waals surface area contributed by atoms with Crippen molar-refractivity contribution in [2.24, 2.45) is 5.92 Å². The molecule has 174 valence electrons. The number of anilines is 2. The Morgan fingerprint density at radius 2 is 1.84 bits per heavy atom. The fourth-order valence-electron chi connectivity index (χ4n) is 4.01. The smallest absolute Gasteiger partial charge is 0.233 e. The number of carbonyl (C=O) groups is 1. The number of piperazine rings is 1. The second kappa shape index (κ2) is 10.8. The monoisotopic (exact) mass is 478 g/mol. The number of nitrogens with zero attached hydrogens (tertiary/aromatic N) is 6. The van der Waals surface area contributed by atoms with Crippen molar-refractivity contribution in [1.82, 2.24) is 19.7 Å². The van der Waals surface area contributed by atoms with E-state index in [1.165, 1.54) is 11.8 Å². The lowest BCUT2D eigenvalue weighted by Gasteiger charge is -2.36. The summed E-state index contributed by atoms with van der Waals surface area (Å²) < 4.78 is 7.63. The van der Waals surface area contributed by atoms with E-state index in [0.717, 1.165) is 54.5 Å². The van der Waals surface area contributed by atoms with Crippen LogP contribution in [0, 0.1) is 5.92 Å². The van der Waals surface area contributed by atoms with E-state index in [-0.39, 0.29) is 5.91 Å². The maximum atomic E-state index is 12.9. The van der Waals surface area contributed by atoms with E-state index in [9.17, 15) is 4.79 Å². The zero-order valence-electron chi connectivity index (χ0n) is 18.7. The van der Waals surface area contributed by atoms with Gasteiger partial charge in [-0.15, -0.1) is 10.2 Å². The first-order valence-corrected chi connectivity index (χ1v) is 12.5. The number of morpholine rings is 1. The Kier molecular flexibility index (Phi) is 7.80. The van der Waals surface area contributed by atoms with Crippen molar-refractivity contribution in [3.05, 3.63) is 29.3 Å². The predicted molar refractivity (Wildman–Crippen MR) is 129 cm³/mol. The molecule has 1 aromatic carbocycles. The van der Waals surface area contributed by atoms with Crippen molar-refractivity contribution < 1.29 is 9.53 Å². The zero-order valence-corrected chi connectivity index (χ0v) is 20.3. The minimum Gasteiger partial charge on any atom is -0.378 e. The maximum Gasteiger partial charge on any atom is 0.233 e. The van der Waals surface area contributed by atoms with Crippen molar-refractivity contribution in [3.8, 4) is 0 Å². The topological polar surface area (TPSA) is 66.7 Å². The van der Waals surface area contributed by atoms with E-state index in [1.807, 2.05) is 23.1 Å². The molecular weight excluding hydrogens is 448 g/mol. The molecule has 0 aliphatic carbocycles. The SMILES string of the molecule is CC(C)Cn1c(SCC(=O)N2CCN(c3cccc(Cl)c3)CC2)nnc1N1CCOCC1. The third kappa shape index (κ3) is 5.68. The largest absolute Gasteiger partial charge is 0.378 e. The summed E-state index contributed by atoms with van der Waals surface area (Å²) in [6.07, 6.45) is 0. The number of ether oxygens (including phenoxy) is 1. The van der Waals surface area contributed by atoms with Gasteiger partial charge in [0.2, 0.25) is 11.9 Å². The van der Waals surface area contributed by atoms with Crippen LogP contribution in [0.15, 0.2) is 29.4 Å². The summed E-state index contributed by atoms with van der Waals surface area (Å²) in [5.74, 6) is 1.86. The van der Waals surface area contributed by atoms with Gasteiger partial charge < -0.3 is 19.4 Å². The van der Waals surface area contributed by atoms with Crippen molar-refractivity contribution in [2.75, 3.05) is 68.0 Å². The molecule has 32 heavy (non-hydrogen) atoms. The maximum absolute atomic E-state index is 12.9. The molecule has 2 aromatic rings. The lowest BCUT2D eigenvalue weighted by Crippen LogP contribution is -2.49. The van der Waals surface area contributed by atoms with Crippen LogP contribution in [-0.4, -0.2) is 83.8 Å². The molecule has 0 atom stereocenters. The van der Waals surface area contributed by atoms with Crippen LogP contribution >= 0.6 is 23.4 Å². The lowest BCUT2D eigenvalue weighted by atomic mass is 10.2. The average Bonchev–Trinajstić information content (AvgIpc) is 3.20. The number of halogens is 1. The molecule has 0 bridgehead atoms. The minimum absolute atomic E-state index is 0.146. The van der Waals surface area contributed by atoms with E-state index >= 15 is 0 Å². The normalized spacial score (nSPS) is 17.3. The molecular formula is C22H31ClN6O2S. The summed E-state index contributed by atoms with van der Waals surface area (Å²) in [4.78, 5) is 19.3. The molecule has 3 heterocycles. The number of rotatable bonds is 7. The summed E-state index contributed by atoms with van der Waals surface area (Å²) in [6.45, 7) is 11.3. The first-order valence-electron chi connectivity index (χ1n) is 11.2. The first kappa shape index (κ1) is 23.2. The van der Waals surface area contributed by atoms with Gasteiger partial charge in [0, 0.05) is 56.5 Å². The van der Waals surface area contributed by atoms with Gasteiger partial charge in [0.05, 0.1) is 19.0 Å². The molecule has 4 rings (SSSR count). The molecule has 0 unspecified atom stereocenters. The van der Waals surface area contributed by atoms with Gasteiger partial charge in [0.25, 0.3) is 0 Å². The van der Waals surface area contributed by atoms with Crippen molar-refractivity contribution in [1.29, 1.82) is 0 Å². The van der Waals surface area contributed by atoms with E-state index in [4.69, 9.17) is 16.3 Å². The summed E-state index contributed by atoms with van der Waals surface area (Å²) >= 11 is 7.61. The van der Waals surface area contributed by atoms with Gasteiger partial charge >= 0.3 is 0 Å². The molecule has 2 fully saturated rings. The van der Waals surface area contributed by atoms with Gasteiger partial charge in [-0.1, -0.05) is 43.3 Å². The van der Waals surface area contributed by atoms with E-state index in [2.05, 4.69) is 44.5 Å². The highest BCUT2D eigenvalue weighted by Crippen LogP contribution is 2.25. The van der Waals surface area contributed by atoms with Gasteiger partial charge in [0.1, 0.15) is 0 Å². The highest BCUT2D eigenvalue weighted by Gasteiger charge is 2.24. The molecule has 10 heteroatoms. The van der Waals surface area contributed by atoms with Crippen molar-refractivity contribution in [2.45, 2.75) is 25.5 Å².